The number of aromatic nitrogens is 1. The van der Waals surface area contributed by atoms with Crippen LogP contribution in [-0.2, 0) is 6.42 Å². The van der Waals surface area contributed by atoms with Crippen molar-refractivity contribution >= 4 is 22.4 Å². The molecule has 0 radical (unpaired) electrons. The number of pyridine rings is 1. The summed E-state index contributed by atoms with van der Waals surface area (Å²) in [6.07, 6.45) is 4.69. The molecular weight excluding hydrogens is 306 g/mol. The van der Waals surface area contributed by atoms with E-state index in [9.17, 15) is 0 Å². The van der Waals surface area contributed by atoms with E-state index in [2.05, 4.69) is 72.2 Å². The average Bonchev–Trinajstić information content (AvgIpc) is 3.05. The van der Waals surface area contributed by atoms with E-state index in [4.69, 9.17) is 4.98 Å². The Labute approximate surface area is 149 Å². The lowest BCUT2D eigenvalue weighted by Gasteiger charge is -2.15. The number of nitrogens with zero attached hydrogens (tertiary/aromatic N) is 1. The van der Waals surface area contributed by atoms with Crippen LogP contribution in [0.4, 0.5) is 11.5 Å². The molecule has 0 fully saturated rings. The highest BCUT2D eigenvalue weighted by atomic mass is 15.0. The largest absolute Gasteiger partial charge is 0.385 e. The van der Waals surface area contributed by atoms with E-state index >= 15 is 0 Å². The fourth-order valence-corrected chi connectivity index (χ4v) is 3.61. The Morgan fingerprint density at radius 1 is 1.08 bits per heavy atom. The van der Waals surface area contributed by atoms with Crippen molar-refractivity contribution in [2.45, 2.75) is 38.6 Å². The lowest BCUT2D eigenvalue weighted by atomic mass is 10.1. The second-order valence-electron chi connectivity index (χ2n) is 6.82. The minimum Gasteiger partial charge on any atom is -0.385 e. The van der Waals surface area contributed by atoms with Crippen LogP contribution in [0.15, 0.2) is 54.6 Å². The molecule has 1 aliphatic carbocycles. The van der Waals surface area contributed by atoms with Crippen molar-refractivity contribution in [1.82, 2.24) is 4.98 Å². The van der Waals surface area contributed by atoms with E-state index in [0.29, 0.717) is 6.04 Å². The van der Waals surface area contributed by atoms with E-state index in [0.717, 1.165) is 30.7 Å². The topological polar surface area (TPSA) is 37.0 Å². The molecule has 128 valence electrons. The van der Waals surface area contributed by atoms with Gasteiger partial charge in [0.2, 0.25) is 0 Å². The van der Waals surface area contributed by atoms with E-state index in [1.54, 1.807) is 0 Å². The molecule has 3 heteroatoms. The van der Waals surface area contributed by atoms with Crippen LogP contribution in [0.5, 0.6) is 0 Å². The number of benzene rings is 2. The van der Waals surface area contributed by atoms with Gasteiger partial charge in [-0.3, -0.25) is 0 Å². The van der Waals surface area contributed by atoms with Crippen LogP contribution in [-0.4, -0.2) is 11.5 Å². The maximum absolute atomic E-state index is 4.81. The van der Waals surface area contributed by atoms with Gasteiger partial charge in [-0.1, -0.05) is 37.6 Å². The van der Waals surface area contributed by atoms with E-state index in [1.807, 2.05) is 0 Å². The Balaban J connectivity index is 1.51. The van der Waals surface area contributed by atoms with Gasteiger partial charge in [0.05, 0.1) is 11.6 Å². The molecular formula is C22H25N3. The number of fused-ring (bicyclic) bond motifs is 2. The molecule has 4 rings (SSSR count). The molecule has 1 heterocycles. The summed E-state index contributed by atoms with van der Waals surface area (Å²) in [5, 5.41) is 8.28. The van der Waals surface area contributed by atoms with Crippen LogP contribution in [0.3, 0.4) is 0 Å². The molecule has 0 spiro atoms. The monoisotopic (exact) mass is 331 g/mol. The number of aryl methyl sites for hydroxylation is 1. The minimum atomic E-state index is 0.371. The van der Waals surface area contributed by atoms with Crippen molar-refractivity contribution in [2.24, 2.45) is 0 Å². The minimum absolute atomic E-state index is 0.371. The molecule has 0 aliphatic heterocycles. The second kappa shape index (κ2) is 7.14. The Kier molecular flexibility index (Phi) is 4.55. The van der Waals surface area contributed by atoms with Gasteiger partial charge in [-0.15, -0.1) is 0 Å². The van der Waals surface area contributed by atoms with Crippen LogP contribution < -0.4 is 10.6 Å². The molecule has 3 aromatic rings. The summed E-state index contributed by atoms with van der Waals surface area (Å²) in [6, 6.07) is 19.8. The normalized spacial score (nSPS) is 16.0. The number of nitrogens with one attached hydrogen (secondary N) is 2. The first-order valence-corrected chi connectivity index (χ1v) is 9.32. The predicted octanol–water partition coefficient (Wildman–Crippen LogP) is 5.55. The molecule has 0 saturated carbocycles. The molecule has 2 aromatic carbocycles. The Morgan fingerprint density at radius 3 is 2.92 bits per heavy atom. The van der Waals surface area contributed by atoms with Crippen molar-refractivity contribution in [3.63, 3.8) is 0 Å². The molecule has 0 bridgehead atoms. The zero-order valence-electron chi connectivity index (χ0n) is 14.8. The highest BCUT2D eigenvalue weighted by Gasteiger charge is 2.21. The van der Waals surface area contributed by atoms with Crippen molar-refractivity contribution in [3.05, 3.63) is 65.7 Å². The zero-order chi connectivity index (χ0) is 17.1. The molecule has 0 saturated heterocycles. The molecule has 3 nitrogen and oxygen atoms in total. The van der Waals surface area contributed by atoms with E-state index < -0.39 is 0 Å². The summed E-state index contributed by atoms with van der Waals surface area (Å²) >= 11 is 0. The molecule has 1 aliphatic rings. The van der Waals surface area contributed by atoms with Gasteiger partial charge >= 0.3 is 0 Å². The number of anilines is 2. The van der Waals surface area contributed by atoms with Crippen LogP contribution in [0.25, 0.3) is 10.9 Å². The molecule has 0 amide bonds. The summed E-state index contributed by atoms with van der Waals surface area (Å²) in [7, 11) is 0. The molecule has 2 N–H and O–H groups in total. The van der Waals surface area contributed by atoms with Gasteiger partial charge in [0.1, 0.15) is 5.82 Å². The number of unbranched alkanes of at least 4 members (excludes halogenated alkanes) is 1. The Bertz CT molecular complexity index is 872. The maximum atomic E-state index is 4.81. The standard InChI is InChI=1S/C22H25N3/c1-2-3-14-23-18-10-12-20-17(15-18)9-13-22(24-20)25-21-11-8-16-6-4-5-7-19(16)21/h4-7,9-10,12-13,15,21,23H,2-3,8,11,14H2,1H3,(H,24,25)/t21-/m1/s1. The smallest absolute Gasteiger partial charge is 0.127 e. The van der Waals surface area contributed by atoms with Gasteiger partial charge in [-0.05, 0) is 60.7 Å². The molecule has 1 atom stereocenters. The molecule has 25 heavy (non-hydrogen) atoms. The first kappa shape index (κ1) is 15.9. The van der Waals surface area contributed by atoms with Gasteiger partial charge in [-0.25, -0.2) is 4.98 Å². The first-order valence-electron chi connectivity index (χ1n) is 9.32. The van der Waals surface area contributed by atoms with Gasteiger partial charge in [0.25, 0.3) is 0 Å². The van der Waals surface area contributed by atoms with Gasteiger partial charge in [0.15, 0.2) is 0 Å². The lowest BCUT2D eigenvalue weighted by Crippen LogP contribution is -2.08. The third-order valence-electron chi connectivity index (χ3n) is 5.00. The quantitative estimate of drug-likeness (QED) is 0.582. The summed E-state index contributed by atoms with van der Waals surface area (Å²) in [5.74, 6) is 0.959. The highest BCUT2D eigenvalue weighted by molar-refractivity contribution is 5.83. The van der Waals surface area contributed by atoms with Gasteiger partial charge in [-0.2, -0.15) is 0 Å². The van der Waals surface area contributed by atoms with Crippen LogP contribution in [0.2, 0.25) is 0 Å². The lowest BCUT2D eigenvalue weighted by molar-refractivity contribution is 0.758. The SMILES string of the molecule is CCCCNc1ccc2nc(N[C@@H]3CCc4ccccc43)ccc2c1. The number of hydrogen-bond acceptors (Lipinski definition) is 3. The maximum Gasteiger partial charge on any atom is 0.127 e. The van der Waals surface area contributed by atoms with Crippen LogP contribution >= 0.6 is 0 Å². The predicted molar refractivity (Wildman–Crippen MR) is 106 cm³/mol. The average molecular weight is 331 g/mol. The van der Waals surface area contributed by atoms with Crippen LogP contribution in [0, 0.1) is 0 Å². The summed E-state index contributed by atoms with van der Waals surface area (Å²) in [5.41, 5.74) is 5.09. The third kappa shape index (κ3) is 3.46. The van der Waals surface area contributed by atoms with Gasteiger partial charge < -0.3 is 10.6 Å². The van der Waals surface area contributed by atoms with Crippen molar-refractivity contribution in [1.29, 1.82) is 0 Å². The highest BCUT2D eigenvalue weighted by Crippen LogP contribution is 2.33. The molecule has 1 aromatic heterocycles. The van der Waals surface area contributed by atoms with E-state index in [1.165, 1.54) is 35.0 Å². The second-order valence-corrected chi connectivity index (χ2v) is 6.82. The fourth-order valence-electron chi connectivity index (χ4n) is 3.61. The Hall–Kier alpha value is -2.55. The van der Waals surface area contributed by atoms with Crippen LogP contribution in [0.1, 0.15) is 43.4 Å². The van der Waals surface area contributed by atoms with Gasteiger partial charge in [0, 0.05) is 17.6 Å². The van der Waals surface area contributed by atoms with Crippen molar-refractivity contribution in [2.75, 3.05) is 17.2 Å². The number of hydrogen-bond donors (Lipinski definition) is 2. The Morgan fingerprint density at radius 2 is 2.00 bits per heavy atom. The summed E-state index contributed by atoms with van der Waals surface area (Å²) < 4.78 is 0. The van der Waals surface area contributed by atoms with Crippen molar-refractivity contribution in [3.8, 4) is 0 Å². The third-order valence-corrected chi connectivity index (χ3v) is 5.00. The fraction of sp³-hybridized carbons (Fsp3) is 0.318. The van der Waals surface area contributed by atoms with E-state index in [-0.39, 0.29) is 0 Å². The first-order chi connectivity index (χ1) is 12.3. The molecule has 0 unspecified atom stereocenters. The number of rotatable bonds is 6. The summed E-state index contributed by atoms with van der Waals surface area (Å²) in [4.78, 5) is 4.81. The summed E-state index contributed by atoms with van der Waals surface area (Å²) in [6.45, 7) is 3.24. The zero-order valence-corrected chi connectivity index (χ0v) is 14.8. The van der Waals surface area contributed by atoms with Crippen molar-refractivity contribution < 1.29 is 0 Å².